The van der Waals surface area contributed by atoms with Gasteiger partial charge in [0.1, 0.15) is 5.69 Å². The average Bonchev–Trinajstić information content (AvgIpc) is 3.10. The highest BCUT2D eigenvalue weighted by molar-refractivity contribution is 14.1. The third-order valence-electron chi connectivity index (χ3n) is 4.40. The van der Waals surface area contributed by atoms with Crippen molar-refractivity contribution >= 4 is 39.7 Å². The van der Waals surface area contributed by atoms with Gasteiger partial charge in [-0.1, -0.05) is 24.3 Å². The third kappa shape index (κ3) is 3.46. The molecule has 0 bridgehead atoms. The number of rotatable bonds is 4. The summed E-state index contributed by atoms with van der Waals surface area (Å²) in [7, 11) is 0. The molecule has 0 unspecified atom stereocenters. The lowest BCUT2D eigenvalue weighted by Gasteiger charge is -2.07. The lowest BCUT2D eigenvalue weighted by atomic mass is 10.1. The van der Waals surface area contributed by atoms with Crippen molar-refractivity contribution in [3.8, 4) is 17.3 Å². The second kappa shape index (κ2) is 7.78. The molecule has 0 radical (unpaired) electrons. The summed E-state index contributed by atoms with van der Waals surface area (Å²) in [4.78, 5) is 16.9. The summed E-state index contributed by atoms with van der Waals surface area (Å²) in [6.45, 7) is 0.382. The fourth-order valence-corrected chi connectivity index (χ4v) is 3.74. The number of hydrogen-bond donors (Lipinski definition) is 1. The minimum atomic E-state index is -0.172. The van der Waals surface area contributed by atoms with E-state index in [1.807, 2.05) is 36.4 Å². The van der Waals surface area contributed by atoms with Crippen LogP contribution in [0.5, 0.6) is 0 Å². The fourth-order valence-electron chi connectivity index (χ4n) is 3.01. The minimum absolute atomic E-state index is 0.172. The average molecular weight is 479 g/mol. The Balaban J connectivity index is 1.64. The molecule has 4 rings (SSSR count). The van der Waals surface area contributed by atoms with E-state index in [1.54, 1.807) is 33.5 Å². The Hall–Kier alpha value is -3.25. The molecular formula is C21H14IN5O. The molecule has 2 aromatic carbocycles. The van der Waals surface area contributed by atoms with Crippen LogP contribution in [0, 0.1) is 11.3 Å². The van der Waals surface area contributed by atoms with Gasteiger partial charge >= 0.3 is 0 Å². The predicted molar refractivity (Wildman–Crippen MR) is 115 cm³/mol. The lowest BCUT2D eigenvalue weighted by Crippen LogP contribution is -2.23. The van der Waals surface area contributed by atoms with Crippen LogP contribution in [0.25, 0.3) is 22.2 Å². The summed E-state index contributed by atoms with van der Waals surface area (Å²) in [5, 5.41) is 17.3. The van der Waals surface area contributed by atoms with E-state index >= 15 is 0 Å². The zero-order valence-corrected chi connectivity index (χ0v) is 16.8. The summed E-state index contributed by atoms with van der Waals surface area (Å²) in [5.74, 6) is -0.172. The number of carbonyl (C=O) groups is 1. The molecule has 4 aromatic rings. The number of para-hydroxylation sites is 1. The summed E-state index contributed by atoms with van der Waals surface area (Å²) in [6, 6.07) is 18.7. The summed E-state index contributed by atoms with van der Waals surface area (Å²) in [5.41, 5.74) is 4.62. The predicted octanol–water partition coefficient (Wildman–Crippen LogP) is 4.10. The smallest absolute Gasteiger partial charge is 0.253 e. The first kappa shape index (κ1) is 18.1. The number of hydrogen-bond acceptors (Lipinski definition) is 4. The second-order valence-electron chi connectivity index (χ2n) is 6.14. The highest BCUT2D eigenvalue weighted by Crippen LogP contribution is 2.30. The van der Waals surface area contributed by atoms with Crippen LogP contribution >= 0.6 is 22.9 Å². The lowest BCUT2D eigenvalue weighted by molar-refractivity contribution is 0.0952. The van der Waals surface area contributed by atoms with Crippen molar-refractivity contribution < 1.29 is 4.79 Å². The van der Waals surface area contributed by atoms with Crippen molar-refractivity contribution in [3.63, 3.8) is 0 Å². The van der Waals surface area contributed by atoms with E-state index in [0.29, 0.717) is 17.7 Å². The first-order chi connectivity index (χ1) is 13.7. The van der Waals surface area contributed by atoms with Crippen LogP contribution in [0.15, 0.2) is 67.0 Å². The molecule has 1 N–H and O–H groups in total. The number of amides is 1. The van der Waals surface area contributed by atoms with Gasteiger partial charge < -0.3 is 5.32 Å². The number of halogens is 1. The number of pyridine rings is 1. The van der Waals surface area contributed by atoms with Gasteiger partial charge in [0.25, 0.3) is 5.91 Å². The summed E-state index contributed by atoms with van der Waals surface area (Å²) >= 11 is 2.09. The van der Waals surface area contributed by atoms with Gasteiger partial charge in [0, 0.05) is 29.9 Å². The Bertz CT molecular complexity index is 1190. The molecule has 0 spiro atoms. The van der Waals surface area contributed by atoms with E-state index in [0.717, 1.165) is 27.7 Å². The molecule has 0 saturated carbocycles. The molecule has 0 aliphatic heterocycles. The molecule has 0 saturated heterocycles. The van der Waals surface area contributed by atoms with Gasteiger partial charge in [0.15, 0.2) is 0 Å². The molecule has 0 fully saturated rings. The van der Waals surface area contributed by atoms with Crippen LogP contribution in [0.3, 0.4) is 0 Å². The van der Waals surface area contributed by atoms with E-state index in [-0.39, 0.29) is 5.91 Å². The summed E-state index contributed by atoms with van der Waals surface area (Å²) in [6.07, 6.45) is 3.45. The van der Waals surface area contributed by atoms with Gasteiger partial charge in [-0.25, -0.2) is 2.90 Å². The topological polar surface area (TPSA) is 83.6 Å². The number of nitriles is 1. The highest BCUT2D eigenvalue weighted by atomic mass is 127. The Morgan fingerprint density at radius 3 is 2.57 bits per heavy atom. The van der Waals surface area contributed by atoms with Gasteiger partial charge in [0.05, 0.1) is 45.6 Å². The van der Waals surface area contributed by atoms with E-state index in [9.17, 15) is 4.79 Å². The molecule has 0 atom stereocenters. The zero-order valence-electron chi connectivity index (χ0n) is 14.6. The Labute approximate surface area is 175 Å². The van der Waals surface area contributed by atoms with Gasteiger partial charge in [-0.3, -0.25) is 9.78 Å². The fraction of sp³-hybridized carbons (Fsp3) is 0.0476. The second-order valence-corrected chi connectivity index (χ2v) is 7.05. The molecule has 2 aromatic heterocycles. The first-order valence-corrected chi connectivity index (χ1v) is 9.49. The normalized spacial score (nSPS) is 10.6. The first-order valence-electron chi connectivity index (χ1n) is 8.53. The Morgan fingerprint density at radius 1 is 1.11 bits per heavy atom. The number of nitrogens with one attached hydrogen (secondary N) is 1. The number of aromatic nitrogens is 3. The Morgan fingerprint density at radius 2 is 1.86 bits per heavy atom. The van der Waals surface area contributed by atoms with Crippen molar-refractivity contribution in [2.45, 2.75) is 6.54 Å². The van der Waals surface area contributed by atoms with E-state index in [2.05, 4.69) is 44.3 Å². The van der Waals surface area contributed by atoms with Crippen LogP contribution < -0.4 is 5.32 Å². The maximum absolute atomic E-state index is 12.8. The van der Waals surface area contributed by atoms with Crippen LogP contribution in [-0.2, 0) is 6.54 Å². The van der Waals surface area contributed by atoms with Crippen molar-refractivity contribution in [2.75, 3.05) is 0 Å². The Kier molecular flexibility index (Phi) is 5.04. The van der Waals surface area contributed by atoms with Crippen molar-refractivity contribution in [1.29, 1.82) is 5.26 Å². The minimum Gasteiger partial charge on any atom is -0.348 e. The van der Waals surface area contributed by atoms with Crippen LogP contribution in [0.4, 0.5) is 0 Å². The molecule has 28 heavy (non-hydrogen) atoms. The van der Waals surface area contributed by atoms with E-state index in [4.69, 9.17) is 5.26 Å². The quantitative estimate of drug-likeness (QED) is 0.447. The summed E-state index contributed by atoms with van der Waals surface area (Å²) < 4.78 is 1.71. The molecule has 2 heterocycles. The molecule has 136 valence electrons. The number of benzene rings is 2. The van der Waals surface area contributed by atoms with Gasteiger partial charge in [-0.2, -0.15) is 10.4 Å². The maximum Gasteiger partial charge on any atom is 0.253 e. The number of carbonyl (C=O) groups excluding carboxylic acids is 1. The van der Waals surface area contributed by atoms with Crippen LogP contribution in [-0.4, -0.2) is 18.9 Å². The van der Waals surface area contributed by atoms with E-state index in [1.165, 1.54) is 0 Å². The van der Waals surface area contributed by atoms with Crippen molar-refractivity contribution in [3.05, 3.63) is 83.7 Å². The number of nitrogens with zero attached hydrogens (tertiary/aromatic N) is 4. The molecular weight excluding hydrogens is 465 g/mol. The molecule has 7 heteroatoms. The van der Waals surface area contributed by atoms with Crippen molar-refractivity contribution in [1.82, 2.24) is 18.3 Å². The highest BCUT2D eigenvalue weighted by Gasteiger charge is 2.18. The van der Waals surface area contributed by atoms with E-state index < -0.39 is 0 Å². The largest absolute Gasteiger partial charge is 0.348 e. The molecule has 0 aliphatic rings. The molecule has 6 nitrogen and oxygen atoms in total. The standard InChI is InChI=1S/C21H14IN5O/c22-27-20-17(19(26-27)16-8-10-24-11-9-16)2-1-3-18(20)21(28)25-13-15-6-4-14(12-23)5-7-15/h1-11H,13H2,(H,25,28). The van der Waals surface area contributed by atoms with Crippen LogP contribution in [0.1, 0.15) is 21.5 Å². The molecule has 1 amide bonds. The van der Waals surface area contributed by atoms with Gasteiger partial charge in [0.2, 0.25) is 0 Å². The molecule has 0 aliphatic carbocycles. The monoisotopic (exact) mass is 479 g/mol. The maximum atomic E-state index is 12.8. The zero-order chi connectivity index (χ0) is 19.5. The van der Waals surface area contributed by atoms with Crippen LogP contribution in [0.2, 0.25) is 0 Å². The third-order valence-corrected chi connectivity index (χ3v) is 5.10. The number of fused-ring (bicyclic) bond motifs is 1. The van der Waals surface area contributed by atoms with Crippen molar-refractivity contribution in [2.24, 2.45) is 0 Å². The van der Waals surface area contributed by atoms with Gasteiger partial charge in [-0.05, 0) is 35.9 Å². The van der Waals surface area contributed by atoms with Gasteiger partial charge in [-0.15, -0.1) is 0 Å². The SMILES string of the molecule is N#Cc1ccc(CNC(=O)c2cccc3c(-c4ccncc4)nn(I)c23)cc1.